The molecular formula is C16H24N2S. The Bertz CT molecular complexity index is 435. The van der Waals surface area contributed by atoms with Crippen LogP contribution in [0.5, 0.6) is 0 Å². The van der Waals surface area contributed by atoms with Gasteiger partial charge in [-0.15, -0.1) is 17.7 Å². The van der Waals surface area contributed by atoms with E-state index in [1.165, 1.54) is 10.5 Å². The lowest BCUT2D eigenvalue weighted by Gasteiger charge is -2.14. The predicted molar refractivity (Wildman–Crippen MR) is 84.8 cm³/mol. The van der Waals surface area contributed by atoms with E-state index in [1.807, 2.05) is 11.8 Å². The molecular weight excluding hydrogens is 252 g/mol. The van der Waals surface area contributed by atoms with Gasteiger partial charge in [0.1, 0.15) is 0 Å². The van der Waals surface area contributed by atoms with Gasteiger partial charge in [0, 0.05) is 16.7 Å². The van der Waals surface area contributed by atoms with Gasteiger partial charge in [-0.2, -0.15) is 0 Å². The molecule has 1 unspecified atom stereocenters. The molecule has 0 fully saturated rings. The smallest absolute Gasteiger partial charge is 0.0569 e. The molecule has 0 aliphatic heterocycles. The summed E-state index contributed by atoms with van der Waals surface area (Å²) in [5.41, 5.74) is 4.08. The monoisotopic (exact) mass is 276 g/mol. The molecule has 1 aromatic carbocycles. The van der Waals surface area contributed by atoms with Gasteiger partial charge in [0.2, 0.25) is 0 Å². The van der Waals surface area contributed by atoms with Gasteiger partial charge >= 0.3 is 0 Å². The minimum atomic E-state index is 0.0424. The molecule has 0 radical (unpaired) electrons. The summed E-state index contributed by atoms with van der Waals surface area (Å²) in [7, 11) is 0. The van der Waals surface area contributed by atoms with Crippen LogP contribution in [0.25, 0.3) is 0 Å². The summed E-state index contributed by atoms with van der Waals surface area (Å²) in [6, 6.07) is 8.63. The van der Waals surface area contributed by atoms with Crippen LogP contribution in [0.1, 0.15) is 45.7 Å². The third-order valence-corrected chi connectivity index (χ3v) is 3.46. The summed E-state index contributed by atoms with van der Waals surface area (Å²) >= 11 is 1.84. The van der Waals surface area contributed by atoms with E-state index in [-0.39, 0.29) is 11.5 Å². The molecule has 104 valence electrons. The highest BCUT2D eigenvalue weighted by atomic mass is 32.2. The normalized spacial score (nSPS) is 12.7. The molecule has 1 aromatic rings. The third kappa shape index (κ3) is 6.15. The van der Waals surface area contributed by atoms with E-state index < -0.39 is 0 Å². The van der Waals surface area contributed by atoms with E-state index in [9.17, 15) is 0 Å². The molecule has 0 amide bonds. The Kier molecular flexibility index (Phi) is 6.44. The third-order valence-electron chi connectivity index (χ3n) is 2.56. The van der Waals surface area contributed by atoms with Crippen molar-refractivity contribution in [2.24, 2.45) is 11.3 Å². The Morgan fingerprint density at radius 3 is 2.37 bits per heavy atom. The minimum absolute atomic E-state index is 0.0424. The van der Waals surface area contributed by atoms with Crippen LogP contribution in [-0.2, 0) is 0 Å². The lowest BCUT2D eigenvalue weighted by Crippen LogP contribution is -2.27. The van der Waals surface area contributed by atoms with E-state index in [4.69, 9.17) is 5.84 Å². The standard InChI is InChI=1S/C16H24N2S/c1-5-19-14-10-8-13(9-11-14)15(18-17)7-6-12-16(2,3)4/h8-11,15,18H,5,7,17H2,1-4H3. The van der Waals surface area contributed by atoms with E-state index in [0.717, 1.165) is 12.2 Å². The highest BCUT2D eigenvalue weighted by Gasteiger charge is 2.09. The van der Waals surface area contributed by atoms with E-state index in [2.05, 4.69) is 69.2 Å². The van der Waals surface area contributed by atoms with Gasteiger partial charge in [0.05, 0.1) is 6.04 Å². The maximum Gasteiger partial charge on any atom is 0.0569 e. The van der Waals surface area contributed by atoms with Crippen molar-refractivity contribution in [3.05, 3.63) is 29.8 Å². The van der Waals surface area contributed by atoms with Crippen molar-refractivity contribution in [1.29, 1.82) is 0 Å². The SMILES string of the molecule is CCSc1ccc(C(CC#CC(C)(C)C)NN)cc1. The number of benzene rings is 1. The number of thioether (sulfide) groups is 1. The quantitative estimate of drug-likeness (QED) is 0.372. The first kappa shape index (κ1) is 16.1. The fourth-order valence-corrected chi connectivity index (χ4v) is 2.32. The van der Waals surface area contributed by atoms with E-state index in [0.29, 0.717) is 0 Å². The molecule has 2 nitrogen and oxygen atoms in total. The van der Waals surface area contributed by atoms with E-state index in [1.54, 1.807) is 0 Å². The lowest BCUT2D eigenvalue weighted by atomic mass is 9.97. The van der Waals surface area contributed by atoms with Crippen molar-refractivity contribution in [2.75, 3.05) is 5.75 Å². The molecule has 0 aliphatic rings. The summed E-state index contributed by atoms with van der Waals surface area (Å²) in [6.07, 6.45) is 0.730. The molecule has 3 N–H and O–H groups in total. The topological polar surface area (TPSA) is 38.0 Å². The van der Waals surface area contributed by atoms with Crippen LogP contribution in [0.4, 0.5) is 0 Å². The molecule has 0 heterocycles. The second kappa shape index (κ2) is 7.59. The Morgan fingerprint density at radius 2 is 1.89 bits per heavy atom. The Morgan fingerprint density at radius 1 is 1.26 bits per heavy atom. The summed E-state index contributed by atoms with van der Waals surface area (Å²) in [5, 5.41) is 0. The van der Waals surface area contributed by atoms with Crippen LogP contribution < -0.4 is 11.3 Å². The Labute approximate surface area is 121 Å². The molecule has 0 saturated carbocycles. The molecule has 0 aromatic heterocycles. The second-order valence-corrected chi connectivity index (χ2v) is 6.81. The molecule has 0 saturated heterocycles. The van der Waals surface area contributed by atoms with Crippen molar-refractivity contribution in [1.82, 2.24) is 5.43 Å². The van der Waals surface area contributed by atoms with Crippen LogP contribution in [0, 0.1) is 17.3 Å². The van der Waals surface area contributed by atoms with Crippen LogP contribution in [-0.4, -0.2) is 5.75 Å². The van der Waals surface area contributed by atoms with Crippen molar-refractivity contribution >= 4 is 11.8 Å². The molecule has 0 bridgehead atoms. The van der Waals surface area contributed by atoms with Gasteiger partial charge in [-0.3, -0.25) is 11.3 Å². The van der Waals surface area contributed by atoms with Crippen molar-refractivity contribution in [3.8, 4) is 11.8 Å². The molecule has 3 heteroatoms. The number of nitrogens with one attached hydrogen (secondary N) is 1. The number of hydrazine groups is 1. The van der Waals surface area contributed by atoms with Gasteiger partial charge in [0.15, 0.2) is 0 Å². The summed E-state index contributed by atoms with van der Waals surface area (Å²) in [6.45, 7) is 8.50. The van der Waals surface area contributed by atoms with Gasteiger partial charge in [0.25, 0.3) is 0 Å². The van der Waals surface area contributed by atoms with Crippen LogP contribution in [0.15, 0.2) is 29.2 Å². The number of nitrogens with two attached hydrogens (primary N) is 1. The maximum absolute atomic E-state index is 5.63. The van der Waals surface area contributed by atoms with Crippen molar-refractivity contribution in [2.45, 2.75) is 45.1 Å². The zero-order valence-electron chi connectivity index (χ0n) is 12.3. The van der Waals surface area contributed by atoms with Gasteiger partial charge in [-0.25, -0.2) is 0 Å². The number of rotatable bonds is 5. The minimum Gasteiger partial charge on any atom is -0.271 e. The lowest BCUT2D eigenvalue weighted by molar-refractivity contribution is 0.555. The Balaban J connectivity index is 2.71. The average Bonchev–Trinajstić information content (AvgIpc) is 2.35. The fourth-order valence-electron chi connectivity index (χ4n) is 1.65. The molecule has 1 rings (SSSR count). The first-order valence-electron chi connectivity index (χ1n) is 6.65. The summed E-state index contributed by atoms with van der Waals surface area (Å²) in [5.74, 6) is 13.2. The highest BCUT2D eigenvalue weighted by Crippen LogP contribution is 2.22. The first-order chi connectivity index (χ1) is 8.96. The van der Waals surface area contributed by atoms with Gasteiger partial charge in [-0.05, 0) is 44.2 Å². The Hall–Kier alpha value is -0.950. The van der Waals surface area contributed by atoms with Crippen LogP contribution in [0.3, 0.4) is 0 Å². The molecule has 0 spiro atoms. The zero-order chi connectivity index (χ0) is 14.3. The van der Waals surface area contributed by atoms with Crippen molar-refractivity contribution < 1.29 is 0 Å². The average molecular weight is 276 g/mol. The summed E-state index contributed by atoms with van der Waals surface area (Å²) in [4.78, 5) is 1.29. The van der Waals surface area contributed by atoms with Gasteiger partial charge in [-0.1, -0.05) is 25.0 Å². The molecule has 1 atom stereocenters. The van der Waals surface area contributed by atoms with Gasteiger partial charge < -0.3 is 0 Å². The number of hydrogen-bond donors (Lipinski definition) is 2. The van der Waals surface area contributed by atoms with Crippen LogP contribution in [0.2, 0.25) is 0 Å². The maximum atomic E-state index is 5.63. The summed E-state index contributed by atoms with van der Waals surface area (Å²) < 4.78 is 0. The van der Waals surface area contributed by atoms with Crippen LogP contribution >= 0.6 is 11.8 Å². The highest BCUT2D eigenvalue weighted by molar-refractivity contribution is 7.99. The number of hydrogen-bond acceptors (Lipinski definition) is 3. The molecule has 0 aliphatic carbocycles. The molecule has 19 heavy (non-hydrogen) atoms. The fraction of sp³-hybridized carbons (Fsp3) is 0.500. The van der Waals surface area contributed by atoms with E-state index >= 15 is 0 Å². The largest absolute Gasteiger partial charge is 0.271 e. The zero-order valence-corrected chi connectivity index (χ0v) is 13.1. The second-order valence-electron chi connectivity index (χ2n) is 5.48. The predicted octanol–water partition coefficient (Wildman–Crippen LogP) is 3.74. The first-order valence-corrected chi connectivity index (χ1v) is 7.63. The van der Waals surface area contributed by atoms with Crippen molar-refractivity contribution in [3.63, 3.8) is 0 Å².